The van der Waals surface area contributed by atoms with Gasteiger partial charge in [0.25, 0.3) is 5.91 Å². The normalized spacial score (nSPS) is 18.4. The van der Waals surface area contributed by atoms with Gasteiger partial charge in [-0.25, -0.2) is 15.0 Å². The Kier molecular flexibility index (Phi) is 5.51. The number of nitrogens with two attached hydrogens (primary N) is 2. The van der Waals surface area contributed by atoms with E-state index in [1.807, 2.05) is 41.8 Å². The van der Waals surface area contributed by atoms with Crippen molar-refractivity contribution in [1.82, 2.24) is 19.4 Å². The van der Waals surface area contributed by atoms with Gasteiger partial charge in [0, 0.05) is 41.7 Å². The number of nitrogens with one attached hydrogen (secondary N) is 1. The van der Waals surface area contributed by atoms with Crippen LogP contribution >= 0.6 is 0 Å². The predicted molar refractivity (Wildman–Crippen MR) is 129 cm³/mol. The van der Waals surface area contributed by atoms with Gasteiger partial charge in [-0.2, -0.15) is 0 Å². The summed E-state index contributed by atoms with van der Waals surface area (Å²) in [6, 6.07) is 11.3. The lowest BCUT2D eigenvalue weighted by Crippen LogP contribution is -2.27. The summed E-state index contributed by atoms with van der Waals surface area (Å²) in [5.74, 6) is 1.99. The van der Waals surface area contributed by atoms with E-state index in [4.69, 9.17) is 16.5 Å². The Morgan fingerprint density at radius 1 is 1.12 bits per heavy atom. The molecule has 4 aromatic rings. The number of fused-ring (bicyclic) bond motifs is 1. The number of anilines is 2. The van der Waals surface area contributed by atoms with E-state index in [1.54, 1.807) is 24.5 Å². The molecule has 1 aliphatic carbocycles. The zero-order valence-corrected chi connectivity index (χ0v) is 18.5. The third-order valence-corrected chi connectivity index (χ3v) is 6.27. The summed E-state index contributed by atoms with van der Waals surface area (Å²) in [6.45, 7) is 1.96. The molecule has 3 aromatic heterocycles. The maximum atomic E-state index is 12.7. The smallest absolute Gasteiger partial charge is 0.256 e. The molecule has 0 bridgehead atoms. The lowest BCUT2D eigenvalue weighted by molar-refractivity contribution is 0.102. The molecule has 168 valence electrons. The number of hydrogen-bond acceptors (Lipinski definition) is 6. The Labute approximate surface area is 192 Å². The number of nitrogen functional groups attached to an aromatic ring is 1. The average Bonchev–Trinajstić information content (AvgIpc) is 3.20. The fourth-order valence-corrected chi connectivity index (χ4v) is 4.61. The van der Waals surface area contributed by atoms with Crippen molar-refractivity contribution in [3.05, 3.63) is 71.9 Å². The van der Waals surface area contributed by atoms with Crippen LogP contribution in [0, 0.1) is 6.92 Å². The summed E-state index contributed by atoms with van der Waals surface area (Å²) in [6.07, 6.45) is 9.40. The van der Waals surface area contributed by atoms with E-state index < -0.39 is 0 Å². The number of benzene rings is 1. The van der Waals surface area contributed by atoms with Crippen LogP contribution in [0.25, 0.3) is 16.8 Å². The number of aromatic nitrogens is 4. The fourth-order valence-electron chi connectivity index (χ4n) is 4.61. The number of hydrogen-bond donors (Lipinski definition) is 3. The molecule has 1 amide bonds. The zero-order valence-electron chi connectivity index (χ0n) is 18.5. The molecular formula is C25H27N7O. The monoisotopic (exact) mass is 441 g/mol. The van der Waals surface area contributed by atoms with E-state index in [9.17, 15) is 4.79 Å². The molecule has 1 fully saturated rings. The van der Waals surface area contributed by atoms with Crippen LogP contribution in [0.15, 0.2) is 55.0 Å². The quantitative estimate of drug-likeness (QED) is 0.441. The topological polar surface area (TPSA) is 124 Å². The van der Waals surface area contributed by atoms with Crippen molar-refractivity contribution in [3.8, 4) is 11.3 Å². The second-order valence-electron chi connectivity index (χ2n) is 8.72. The number of carbonyl (C=O) groups excluding carboxylic acids is 1. The van der Waals surface area contributed by atoms with Crippen LogP contribution in [0.2, 0.25) is 0 Å². The number of nitrogens with zero attached hydrogens (tertiary/aromatic N) is 4. The summed E-state index contributed by atoms with van der Waals surface area (Å²) >= 11 is 0. The lowest BCUT2D eigenvalue weighted by Gasteiger charge is -2.25. The summed E-state index contributed by atoms with van der Waals surface area (Å²) in [5.41, 5.74) is 16.5. The second-order valence-corrected chi connectivity index (χ2v) is 8.72. The largest absolute Gasteiger partial charge is 0.382 e. The minimum Gasteiger partial charge on any atom is -0.382 e. The highest BCUT2D eigenvalue weighted by Crippen LogP contribution is 2.36. The third kappa shape index (κ3) is 4.17. The maximum Gasteiger partial charge on any atom is 0.256 e. The number of amides is 1. The van der Waals surface area contributed by atoms with Crippen molar-refractivity contribution in [1.29, 1.82) is 0 Å². The molecule has 33 heavy (non-hydrogen) atoms. The van der Waals surface area contributed by atoms with E-state index in [0.717, 1.165) is 53.8 Å². The molecule has 0 saturated heterocycles. The highest BCUT2D eigenvalue weighted by Gasteiger charge is 2.27. The van der Waals surface area contributed by atoms with Crippen molar-refractivity contribution < 1.29 is 4.79 Å². The van der Waals surface area contributed by atoms with Crippen LogP contribution in [0.1, 0.15) is 53.3 Å². The second kappa shape index (κ2) is 8.63. The van der Waals surface area contributed by atoms with Crippen molar-refractivity contribution in [3.63, 3.8) is 0 Å². The van der Waals surface area contributed by atoms with Gasteiger partial charge in [-0.05, 0) is 56.0 Å². The Balaban J connectivity index is 1.47. The number of rotatable bonds is 4. The minimum absolute atomic E-state index is 0.194. The van der Waals surface area contributed by atoms with Crippen LogP contribution in [0.5, 0.6) is 0 Å². The van der Waals surface area contributed by atoms with Crippen molar-refractivity contribution in [2.24, 2.45) is 5.73 Å². The van der Waals surface area contributed by atoms with Crippen LogP contribution in [0.3, 0.4) is 0 Å². The van der Waals surface area contributed by atoms with Gasteiger partial charge >= 0.3 is 0 Å². The molecule has 0 radical (unpaired) electrons. The van der Waals surface area contributed by atoms with Crippen LogP contribution in [0.4, 0.5) is 11.6 Å². The fraction of sp³-hybridized carbons (Fsp3) is 0.280. The van der Waals surface area contributed by atoms with E-state index in [0.29, 0.717) is 17.2 Å². The van der Waals surface area contributed by atoms with Crippen LogP contribution in [-0.4, -0.2) is 31.3 Å². The Bertz CT molecular complexity index is 1310. The molecule has 3 heterocycles. The van der Waals surface area contributed by atoms with E-state index >= 15 is 0 Å². The first-order valence-corrected chi connectivity index (χ1v) is 11.2. The minimum atomic E-state index is -0.215. The molecule has 0 unspecified atom stereocenters. The van der Waals surface area contributed by atoms with E-state index in [2.05, 4.69) is 15.3 Å². The van der Waals surface area contributed by atoms with E-state index in [1.165, 1.54) is 0 Å². The molecule has 5 N–H and O–H groups in total. The SMILES string of the molecule is Cc1ccnc(NC(=O)c2ccc(-c3nc([C@@H]4CCC[C@H](N)C4)n4ccnc(N)c34)cc2)c1. The highest BCUT2D eigenvalue weighted by molar-refractivity contribution is 6.04. The van der Waals surface area contributed by atoms with Gasteiger partial charge in [-0.15, -0.1) is 0 Å². The molecule has 5 rings (SSSR count). The summed E-state index contributed by atoms with van der Waals surface area (Å²) < 4.78 is 2.05. The first kappa shape index (κ1) is 21.1. The van der Waals surface area contributed by atoms with Gasteiger partial charge in [0.1, 0.15) is 28.7 Å². The molecule has 1 saturated carbocycles. The van der Waals surface area contributed by atoms with Gasteiger partial charge in [-0.3, -0.25) is 9.20 Å². The number of carbonyl (C=O) groups is 1. The first-order valence-electron chi connectivity index (χ1n) is 11.2. The molecule has 8 heteroatoms. The number of imidazole rings is 1. The highest BCUT2D eigenvalue weighted by atomic mass is 16.1. The first-order chi connectivity index (χ1) is 16.0. The Hall–Kier alpha value is -3.78. The standard InChI is InChI=1S/C25H27N7O/c1-15-9-10-28-20(13-15)30-25(33)17-7-5-16(6-8-17)21-22-23(27)29-11-12-32(22)24(31-21)18-3-2-4-19(26)14-18/h5-13,18-19H,2-4,14,26H2,1H3,(H2,27,29)(H,28,30,33)/t18-,19+/m1/s1. The summed E-state index contributed by atoms with van der Waals surface area (Å²) in [4.78, 5) is 26.2. The van der Waals surface area contributed by atoms with Gasteiger partial charge in [0.15, 0.2) is 0 Å². The van der Waals surface area contributed by atoms with Crippen LogP contribution in [-0.2, 0) is 0 Å². The molecule has 1 aliphatic rings. The molecule has 1 aromatic carbocycles. The Morgan fingerprint density at radius 2 is 1.94 bits per heavy atom. The summed E-state index contributed by atoms with van der Waals surface area (Å²) in [5, 5.41) is 2.84. The lowest BCUT2D eigenvalue weighted by atomic mass is 9.85. The van der Waals surface area contributed by atoms with Crippen molar-refractivity contribution in [2.45, 2.75) is 44.6 Å². The number of aryl methyl sites for hydroxylation is 1. The van der Waals surface area contributed by atoms with Crippen molar-refractivity contribution in [2.75, 3.05) is 11.1 Å². The maximum absolute atomic E-state index is 12.7. The van der Waals surface area contributed by atoms with Gasteiger partial charge < -0.3 is 16.8 Å². The van der Waals surface area contributed by atoms with Gasteiger partial charge in [0.05, 0.1) is 0 Å². The van der Waals surface area contributed by atoms with Gasteiger partial charge in [-0.1, -0.05) is 18.6 Å². The Morgan fingerprint density at radius 3 is 2.70 bits per heavy atom. The number of pyridine rings is 1. The average molecular weight is 442 g/mol. The molecule has 2 atom stereocenters. The molecule has 8 nitrogen and oxygen atoms in total. The predicted octanol–water partition coefficient (Wildman–Crippen LogP) is 3.92. The molecular weight excluding hydrogens is 414 g/mol. The summed E-state index contributed by atoms with van der Waals surface area (Å²) in [7, 11) is 0. The third-order valence-electron chi connectivity index (χ3n) is 6.27. The molecule has 0 spiro atoms. The van der Waals surface area contributed by atoms with Gasteiger partial charge in [0.2, 0.25) is 0 Å². The van der Waals surface area contributed by atoms with E-state index in [-0.39, 0.29) is 17.9 Å². The van der Waals surface area contributed by atoms with Crippen LogP contribution < -0.4 is 16.8 Å². The molecule has 0 aliphatic heterocycles. The van der Waals surface area contributed by atoms with Crippen molar-refractivity contribution >= 4 is 23.1 Å². The zero-order chi connectivity index (χ0) is 22.9.